The molecule has 74 valence electrons. The van der Waals surface area contributed by atoms with Gasteiger partial charge in [-0.15, -0.1) is 0 Å². The molecule has 0 amide bonds. The molecule has 0 aliphatic rings. The number of benzene rings is 1. The van der Waals surface area contributed by atoms with Crippen LogP contribution in [0, 0.1) is 0 Å². The first-order valence-electron chi connectivity index (χ1n) is 3.53. The van der Waals surface area contributed by atoms with Crippen molar-refractivity contribution in [1.82, 2.24) is 0 Å². The van der Waals surface area contributed by atoms with E-state index in [1.54, 1.807) is 0 Å². The second-order valence-corrected chi connectivity index (χ2v) is 3.79. The lowest BCUT2D eigenvalue weighted by molar-refractivity contribution is 0.105. The van der Waals surface area contributed by atoms with E-state index >= 15 is 0 Å². The number of carbonyl (C=O) groups excluding carboxylic acids is 2. The van der Waals surface area contributed by atoms with Gasteiger partial charge >= 0.3 is 15.2 Å². The highest BCUT2D eigenvalue weighted by atomic mass is 32.2. The summed E-state index contributed by atoms with van der Waals surface area (Å²) < 4.78 is 29.4. The Kier molecular flexibility index (Phi) is 2.78. The Morgan fingerprint density at radius 3 is 2.36 bits per heavy atom. The van der Waals surface area contributed by atoms with Crippen LogP contribution in [0.3, 0.4) is 0 Å². The van der Waals surface area contributed by atoms with Gasteiger partial charge < -0.3 is 0 Å². The van der Waals surface area contributed by atoms with Gasteiger partial charge in [-0.1, -0.05) is 18.2 Å². The van der Waals surface area contributed by atoms with Gasteiger partial charge in [-0.2, -0.15) is 8.42 Å². The average Bonchev–Trinajstić information content (AvgIpc) is 2.15. The molecular formula is C8H6O5S. The van der Waals surface area contributed by atoms with E-state index in [2.05, 4.69) is 0 Å². The molecule has 0 saturated carbocycles. The number of rotatable bonds is 2. The summed E-state index contributed by atoms with van der Waals surface area (Å²) in [7, 11) is -4.79. The molecule has 1 aromatic carbocycles. The number of hydrogen-bond donors (Lipinski definition) is 1. The van der Waals surface area contributed by atoms with E-state index in [0.29, 0.717) is 6.29 Å². The van der Waals surface area contributed by atoms with E-state index in [9.17, 15) is 18.0 Å². The number of carbonyl (C=O) groups is 2. The minimum absolute atomic E-state index is 0.0740. The molecule has 0 atom stereocenters. The van der Waals surface area contributed by atoms with Crippen LogP contribution in [0.2, 0.25) is 0 Å². The van der Waals surface area contributed by atoms with Crippen LogP contribution in [0.4, 0.5) is 0 Å². The fourth-order valence-corrected chi connectivity index (χ4v) is 1.39. The zero-order valence-corrected chi connectivity index (χ0v) is 7.69. The van der Waals surface area contributed by atoms with Gasteiger partial charge in [0.2, 0.25) is 0 Å². The molecule has 0 aliphatic heterocycles. The van der Waals surface area contributed by atoms with Gasteiger partial charge in [0.1, 0.15) is 0 Å². The summed E-state index contributed by atoms with van der Waals surface area (Å²) in [4.78, 5) is 21.5. The van der Waals surface area contributed by atoms with Crippen LogP contribution < -0.4 is 0 Å². The lowest BCUT2D eigenvalue weighted by Gasteiger charge is -1.99. The monoisotopic (exact) mass is 214 g/mol. The fourth-order valence-electron chi connectivity index (χ4n) is 0.925. The third kappa shape index (κ3) is 2.04. The summed E-state index contributed by atoms with van der Waals surface area (Å²) >= 11 is 0. The molecule has 0 aliphatic carbocycles. The Morgan fingerprint density at radius 1 is 1.29 bits per heavy atom. The van der Waals surface area contributed by atoms with Crippen LogP contribution in [0.25, 0.3) is 0 Å². The van der Waals surface area contributed by atoms with E-state index in [1.165, 1.54) is 18.2 Å². The molecule has 0 unspecified atom stereocenters. The maximum atomic E-state index is 11.0. The van der Waals surface area contributed by atoms with Crippen molar-refractivity contribution in [2.24, 2.45) is 0 Å². The minimum Gasteiger partial charge on any atom is -0.298 e. The van der Waals surface area contributed by atoms with Gasteiger partial charge in [0, 0.05) is 11.1 Å². The molecule has 0 spiro atoms. The van der Waals surface area contributed by atoms with E-state index in [-0.39, 0.29) is 11.1 Å². The summed E-state index contributed by atoms with van der Waals surface area (Å²) in [6.45, 7) is 0. The lowest BCUT2D eigenvalue weighted by atomic mass is 10.1. The molecule has 5 nitrogen and oxygen atoms in total. The Bertz CT molecular complexity index is 474. The van der Waals surface area contributed by atoms with Crippen molar-refractivity contribution in [3.63, 3.8) is 0 Å². The normalized spacial score (nSPS) is 10.9. The first-order chi connectivity index (χ1) is 6.46. The van der Waals surface area contributed by atoms with Crippen LogP contribution in [0.5, 0.6) is 0 Å². The number of hydrogen-bond acceptors (Lipinski definition) is 4. The summed E-state index contributed by atoms with van der Waals surface area (Å²) in [5.41, 5.74) is -0.403. The Hall–Kier alpha value is -1.53. The highest BCUT2D eigenvalue weighted by Gasteiger charge is 2.22. The molecule has 0 heterocycles. The standard InChI is InChI=1S/C8H6O5S/c9-5-6-3-1-2-4-7(6)8(10)14(11,12)13/h1-5H,(H,11,12,13). The van der Waals surface area contributed by atoms with Crippen LogP contribution in [0.15, 0.2) is 24.3 Å². The van der Waals surface area contributed by atoms with Crippen LogP contribution >= 0.6 is 0 Å². The number of aldehydes is 1. The van der Waals surface area contributed by atoms with Crippen LogP contribution in [-0.2, 0) is 10.1 Å². The van der Waals surface area contributed by atoms with Crippen molar-refractivity contribution in [2.75, 3.05) is 0 Å². The fraction of sp³-hybridized carbons (Fsp3) is 0. The molecule has 1 N–H and O–H groups in total. The van der Waals surface area contributed by atoms with Crippen molar-refractivity contribution in [2.45, 2.75) is 0 Å². The highest BCUT2D eigenvalue weighted by molar-refractivity contribution is 8.01. The van der Waals surface area contributed by atoms with Crippen LogP contribution in [0.1, 0.15) is 20.7 Å². The Labute approximate surface area is 80.1 Å². The van der Waals surface area contributed by atoms with Crippen molar-refractivity contribution in [3.8, 4) is 0 Å². The predicted octanol–water partition coefficient (Wildman–Crippen LogP) is 0.527. The Morgan fingerprint density at radius 2 is 1.86 bits per heavy atom. The third-order valence-corrected chi connectivity index (χ3v) is 2.23. The van der Waals surface area contributed by atoms with E-state index < -0.39 is 15.2 Å². The topological polar surface area (TPSA) is 88.5 Å². The maximum Gasteiger partial charge on any atom is 0.333 e. The lowest BCUT2D eigenvalue weighted by Crippen LogP contribution is -2.15. The van der Waals surface area contributed by atoms with Gasteiger partial charge in [0.25, 0.3) is 0 Å². The SMILES string of the molecule is O=Cc1ccccc1C(=O)S(=O)(=O)O. The molecule has 0 bridgehead atoms. The molecule has 14 heavy (non-hydrogen) atoms. The minimum atomic E-state index is -4.79. The van der Waals surface area contributed by atoms with E-state index in [1.807, 2.05) is 0 Å². The maximum absolute atomic E-state index is 11.0. The summed E-state index contributed by atoms with van der Waals surface area (Å²) in [5, 5.41) is -1.47. The van der Waals surface area contributed by atoms with Gasteiger partial charge in [-0.05, 0) is 6.07 Å². The van der Waals surface area contributed by atoms with Gasteiger partial charge in [-0.3, -0.25) is 14.1 Å². The summed E-state index contributed by atoms with van der Waals surface area (Å²) in [5.74, 6) is 0. The largest absolute Gasteiger partial charge is 0.333 e. The van der Waals surface area contributed by atoms with Crippen LogP contribution in [-0.4, -0.2) is 24.4 Å². The van der Waals surface area contributed by atoms with Crippen molar-refractivity contribution < 1.29 is 22.6 Å². The molecule has 0 radical (unpaired) electrons. The molecule has 1 rings (SSSR count). The van der Waals surface area contributed by atoms with Gasteiger partial charge in [0.05, 0.1) is 0 Å². The van der Waals surface area contributed by atoms with E-state index in [0.717, 1.165) is 6.07 Å². The van der Waals surface area contributed by atoms with Crippen molar-refractivity contribution in [3.05, 3.63) is 35.4 Å². The first-order valence-corrected chi connectivity index (χ1v) is 4.97. The predicted molar refractivity (Wildman–Crippen MR) is 47.7 cm³/mol. The summed E-state index contributed by atoms with van der Waals surface area (Å²) in [6.07, 6.45) is 0.346. The smallest absolute Gasteiger partial charge is 0.298 e. The third-order valence-electron chi connectivity index (χ3n) is 1.54. The van der Waals surface area contributed by atoms with E-state index in [4.69, 9.17) is 4.55 Å². The zero-order valence-electron chi connectivity index (χ0n) is 6.88. The van der Waals surface area contributed by atoms with Crippen molar-refractivity contribution in [1.29, 1.82) is 0 Å². The molecule has 6 heteroatoms. The van der Waals surface area contributed by atoms with Crippen molar-refractivity contribution >= 4 is 21.5 Å². The Balaban J connectivity index is 3.33. The molecule has 1 aromatic rings. The molecular weight excluding hydrogens is 208 g/mol. The molecule has 0 saturated heterocycles. The molecule has 0 aromatic heterocycles. The quantitative estimate of drug-likeness (QED) is 0.573. The second-order valence-electron chi connectivity index (χ2n) is 2.47. The van der Waals surface area contributed by atoms with Gasteiger partial charge in [0.15, 0.2) is 6.29 Å². The second kappa shape index (κ2) is 3.69. The zero-order chi connectivity index (χ0) is 10.8. The average molecular weight is 214 g/mol. The first kappa shape index (κ1) is 10.6. The van der Waals surface area contributed by atoms with Gasteiger partial charge in [-0.25, -0.2) is 0 Å². The molecule has 0 fully saturated rings. The highest BCUT2D eigenvalue weighted by Crippen LogP contribution is 2.09. The summed E-state index contributed by atoms with van der Waals surface area (Å²) in [6, 6.07) is 5.31.